The molecule has 98 valence electrons. The molecule has 1 aliphatic rings. The Balaban J connectivity index is 2.71. The van der Waals surface area contributed by atoms with Gasteiger partial charge in [0.2, 0.25) is 0 Å². The van der Waals surface area contributed by atoms with Crippen LogP contribution in [-0.4, -0.2) is 38.3 Å². The Labute approximate surface area is 106 Å². The van der Waals surface area contributed by atoms with Gasteiger partial charge in [0, 0.05) is 13.6 Å². The summed E-state index contributed by atoms with van der Waals surface area (Å²) >= 11 is 0. The Morgan fingerprint density at radius 3 is 2.72 bits per heavy atom. The Morgan fingerprint density at radius 1 is 1.50 bits per heavy atom. The van der Waals surface area contributed by atoms with E-state index in [4.69, 9.17) is 5.11 Å². The van der Waals surface area contributed by atoms with E-state index in [2.05, 4.69) is 0 Å². The van der Waals surface area contributed by atoms with E-state index in [1.54, 1.807) is 18.0 Å². The van der Waals surface area contributed by atoms with E-state index in [-0.39, 0.29) is 11.4 Å². The summed E-state index contributed by atoms with van der Waals surface area (Å²) in [6, 6.07) is 5.01. The molecule has 0 saturated carbocycles. The number of aryl methyl sites for hydroxylation is 1. The number of hydrogen-bond donors (Lipinski definition) is 1. The Bertz CT molecular complexity index is 594. The molecule has 1 aromatic rings. The Morgan fingerprint density at radius 2 is 2.17 bits per heavy atom. The minimum Gasteiger partial charge on any atom is -0.480 e. The molecule has 1 aromatic carbocycles. The number of nitrogens with zero attached hydrogens (tertiary/aromatic N) is 1. The number of fused-ring (bicyclic) bond motifs is 1. The van der Waals surface area contributed by atoms with E-state index in [9.17, 15) is 13.2 Å². The lowest BCUT2D eigenvalue weighted by molar-refractivity contribution is -0.136. The summed E-state index contributed by atoms with van der Waals surface area (Å²) in [7, 11) is -2.06. The van der Waals surface area contributed by atoms with Gasteiger partial charge in [-0.15, -0.1) is 0 Å². The van der Waals surface area contributed by atoms with E-state index in [1.807, 2.05) is 13.0 Å². The number of para-hydroxylation sites is 1. The van der Waals surface area contributed by atoms with Gasteiger partial charge in [-0.3, -0.25) is 4.79 Å². The number of hydrogen-bond acceptors (Lipinski definition) is 4. The van der Waals surface area contributed by atoms with E-state index >= 15 is 0 Å². The van der Waals surface area contributed by atoms with Crippen LogP contribution in [-0.2, 0) is 21.1 Å². The smallest absolute Gasteiger partial charge is 0.324 e. The number of carboxylic acids is 1. The lowest BCUT2D eigenvalue weighted by atomic mass is 10.1. The van der Waals surface area contributed by atoms with Gasteiger partial charge < -0.3 is 10.0 Å². The maximum Gasteiger partial charge on any atom is 0.324 e. The van der Waals surface area contributed by atoms with Gasteiger partial charge in [0.25, 0.3) is 0 Å². The minimum absolute atomic E-state index is 0.0122. The van der Waals surface area contributed by atoms with Gasteiger partial charge in [0.15, 0.2) is 15.1 Å². The van der Waals surface area contributed by atoms with Gasteiger partial charge in [-0.05, 0) is 18.1 Å². The van der Waals surface area contributed by atoms with Crippen molar-refractivity contribution in [2.45, 2.75) is 23.5 Å². The lowest BCUT2D eigenvalue weighted by Crippen LogP contribution is -2.45. The van der Waals surface area contributed by atoms with Crippen molar-refractivity contribution in [3.63, 3.8) is 0 Å². The average Bonchev–Trinajstić information content (AvgIpc) is 2.32. The molecule has 6 heteroatoms. The molecule has 1 aliphatic heterocycles. The first-order valence-corrected chi connectivity index (χ1v) is 7.24. The number of carboxylic acid groups (broad SMARTS) is 1. The molecule has 1 heterocycles. The standard InChI is InChI=1S/C12H15NO4S/c1-3-8-5-4-6-9-11(8)13(2)7-10(12(14)15)18(9,16)17/h4-6,10H,3,7H2,1-2H3,(H,14,15). The first-order valence-electron chi connectivity index (χ1n) is 5.69. The van der Waals surface area contributed by atoms with Gasteiger partial charge in [-0.2, -0.15) is 0 Å². The fraction of sp³-hybridized carbons (Fsp3) is 0.417. The van der Waals surface area contributed by atoms with E-state index in [1.165, 1.54) is 6.07 Å². The zero-order chi connectivity index (χ0) is 13.5. The van der Waals surface area contributed by atoms with Crippen LogP contribution in [0.3, 0.4) is 0 Å². The highest BCUT2D eigenvalue weighted by Crippen LogP contribution is 2.36. The van der Waals surface area contributed by atoms with Crippen LogP contribution in [0.25, 0.3) is 0 Å². The second-order valence-corrected chi connectivity index (χ2v) is 6.47. The zero-order valence-corrected chi connectivity index (χ0v) is 11.1. The van der Waals surface area contributed by atoms with Gasteiger partial charge >= 0.3 is 5.97 Å². The van der Waals surface area contributed by atoms with Crippen LogP contribution < -0.4 is 4.90 Å². The largest absolute Gasteiger partial charge is 0.480 e. The van der Waals surface area contributed by atoms with Crippen molar-refractivity contribution in [3.05, 3.63) is 23.8 Å². The quantitative estimate of drug-likeness (QED) is 0.864. The molecule has 0 aromatic heterocycles. The molecule has 2 rings (SSSR count). The molecule has 0 fully saturated rings. The second kappa shape index (κ2) is 4.28. The summed E-state index contributed by atoms with van der Waals surface area (Å²) in [5, 5.41) is 7.65. The monoisotopic (exact) mass is 269 g/mol. The maximum absolute atomic E-state index is 12.3. The molecule has 18 heavy (non-hydrogen) atoms. The summed E-state index contributed by atoms with van der Waals surface area (Å²) in [6.45, 7) is 1.93. The molecule has 0 amide bonds. The van der Waals surface area contributed by atoms with Crippen molar-refractivity contribution in [1.82, 2.24) is 0 Å². The van der Waals surface area contributed by atoms with Crippen molar-refractivity contribution in [3.8, 4) is 0 Å². The first-order chi connectivity index (χ1) is 8.39. The second-order valence-electron chi connectivity index (χ2n) is 4.37. The highest BCUT2D eigenvalue weighted by Gasteiger charge is 2.41. The number of sulfone groups is 1. The third-order valence-electron chi connectivity index (χ3n) is 3.24. The normalized spacial score (nSPS) is 21.4. The van der Waals surface area contributed by atoms with Crippen molar-refractivity contribution in [1.29, 1.82) is 0 Å². The summed E-state index contributed by atoms with van der Waals surface area (Å²) in [6.07, 6.45) is 0.709. The third-order valence-corrected chi connectivity index (χ3v) is 5.28. The molecule has 1 atom stereocenters. The van der Waals surface area contributed by atoms with Crippen LogP contribution in [0, 0.1) is 0 Å². The van der Waals surface area contributed by atoms with Gasteiger partial charge in [-0.1, -0.05) is 19.1 Å². The van der Waals surface area contributed by atoms with Gasteiger partial charge in [0.1, 0.15) is 0 Å². The SMILES string of the molecule is CCc1cccc2c1N(C)CC(C(=O)O)S2(=O)=O. The van der Waals surface area contributed by atoms with Crippen molar-refractivity contribution in [2.24, 2.45) is 0 Å². The lowest BCUT2D eigenvalue weighted by Gasteiger charge is -2.32. The summed E-state index contributed by atoms with van der Waals surface area (Å²) in [5.74, 6) is -1.30. The summed E-state index contributed by atoms with van der Waals surface area (Å²) in [4.78, 5) is 12.9. The highest BCUT2D eigenvalue weighted by molar-refractivity contribution is 7.93. The molecule has 0 spiro atoms. The maximum atomic E-state index is 12.3. The van der Waals surface area contributed by atoms with Crippen LogP contribution in [0.2, 0.25) is 0 Å². The molecule has 5 nitrogen and oxygen atoms in total. The molecule has 0 bridgehead atoms. The first kappa shape index (κ1) is 12.9. The molecule has 1 unspecified atom stereocenters. The number of anilines is 1. The average molecular weight is 269 g/mol. The van der Waals surface area contributed by atoms with Crippen molar-refractivity contribution in [2.75, 3.05) is 18.5 Å². The number of carbonyl (C=O) groups is 1. The van der Waals surface area contributed by atoms with Gasteiger partial charge in [-0.25, -0.2) is 8.42 Å². The van der Waals surface area contributed by atoms with E-state index in [0.29, 0.717) is 12.1 Å². The van der Waals surface area contributed by atoms with Gasteiger partial charge in [0.05, 0.1) is 10.6 Å². The van der Waals surface area contributed by atoms with Crippen LogP contribution in [0.1, 0.15) is 12.5 Å². The summed E-state index contributed by atoms with van der Waals surface area (Å²) in [5.41, 5.74) is 1.56. The number of rotatable bonds is 2. The van der Waals surface area contributed by atoms with Crippen LogP contribution >= 0.6 is 0 Å². The zero-order valence-electron chi connectivity index (χ0n) is 10.3. The van der Waals surface area contributed by atoms with Crippen LogP contribution in [0.5, 0.6) is 0 Å². The summed E-state index contributed by atoms with van der Waals surface area (Å²) < 4.78 is 24.5. The third kappa shape index (κ3) is 1.77. The van der Waals surface area contributed by atoms with Crippen LogP contribution in [0.15, 0.2) is 23.1 Å². The highest BCUT2D eigenvalue weighted by atomic mass is 32.2. The molecule has 0 saturated heterocycles. The predicted octanol–water partition coefficient (Wildman–Crippen LogP) is 0.926. The van der Waals surface area contributed by atoms with E-state index < -0.39 is 21.1 Å². The van der Waals surface area contributed by atoms with Crippen molar-refractivity contribution >= 4 is 21.5 Å². The fourth-order valence-corrected chi connectivity index (χ4v) is 4.13. The van der Waals surface area contributed by atoms with Crippen LogP contribution in [0.4, 0.5) is 5.69 Å². The van der Waals surface area contributed by atoms with E-state index in [0.717, 1.165) is 5.56 Å². The Hall–Kier alpha value is -1.56. The van der Waals surface area contributed by atoms with Crippen molar-refractivity contribution < 1.29 is 18.3 Å². The topological polar surface area (TPSA) is 74.7 Å². The fourth-order valence-electron chi connectivity index (χ4n) is 2.32. The molecule has 1 N–H and O–H groups in total. The number of benzene rings is 1. The minimum atomic E-state index is -3.79. The molecule has 0 aliphatic carbocycles. The number of aliphatic carboxylic acids is 1. The molecular weight excluding hydrogens is 254 g/mol. The Kier molecular flexibility index (Phi) is 3.06. The predicted molar refractivity (Wildman–Crippen MR) is 67.7 cm³/mol. The molecule has 0 radical (unpaired) electrons. The molecular formula is C12H15NO4S.